The number of hydrogen-bond donors (Lipinski definition) is 3. The number of carboxylic acid groups (broad SMARTS) is 1. The molecule has 21 nitrogen and oxygen atoms in total. The van der Waals surface area contributed by atoms with Crippen molar-refractivity contribution in [3.63, 3.8) is 0 Å². The number of rotatable bonds is 18. The van der Waals surface area contributed by atoms with Gasteiger partial charge < -0.3 is 72.5 Å². The second-order valence-corrected chi connectivity index (χ2v) is 23.5. The van der Waals surface area contributed by atoms with E-state index in [0.717, 1.165) is 5.56 Å². The molecule has 21 heteroatoms. The van der Waals surface area contributed by atoms with Gasteiger partial charge in [-0.25, -0.2) is 9.59 Å². The van der Waals surface area contributed by atoms with Crippen LogP contribution in [0.25, 0.3) is 10.9 Å². The summed E-state index contributed by atoms with van der Waals surface area (Å²) in [5.41, 5.74) is -3.09. The molecule has 1 amide bonds. The van der Waals surface area contributed by atoms with Crippen molar-refractivity contribution in [1.82, 2.24) is 19.7 Å². The number of aliphatic hydroxyl groups excluding tert-OH is 1. The highest BCUT2D eigenvalue weighted by Gasteiger charge is 2.60. The van der Waals surface area contributed by atoms with Gasteiger partial charge in [-0.1, -0.05) is 33.8 Å². The number of carboxylic acids is 1. The molecule has 0 unspecified atom stereocenters. The van der Waals surface area contributed by atoms with E-state index in [-0.39, 0.29) is 49.2 Å². The summed E-state index contributed by atoms with van der Waals surface area (Å²) in [6.45, 7) is 21.2. The molecular weight excluding hydrogens is 1020 g/mol. The number of ketones is 1. The highest BCUT2D eigenvalue weighted by atomic mass is 16.7. The van der Waals surface area contributed by atoms with Gasteiger partial charge in [0, 0.05) is 76.2 Å². The van der Waals surface area contributed by atoms with Gasteiger partial charge >= 0.3 is 24.0 Å². The number of nitrogens with zero attached hydrogens (tertiary/aromatic N) is 3. The maximum absolute atomic E-state index is 14.9. The van der Waals surface area contributed by atoms with Gasteiger partial charge in [0.1, 0.15) is 29.2 Å². The van der Waals surface area contributed by atoms with Gasteiger partial charge in [0.05, 0.1) is 53.9 Å². The zero-order valence-electron chi connectivity index (χ0n) is 49.4. The number of aromatic carboxylic acids is 1. The minimum atomic E-state index is -1.41. The Morgan fingerprint density at radius 2 is 1.57 bits per heavy atom. The average Bonchev–Trinajstić information content (AvgIpc) is 3.98. The van der Waals surface area contributed by atoms with Gasteiger partial charge in [-0.15, -0.1) is 0 Å². The lowest BCUT2D eigenvalue weighted by molar-refractivity contribution is -0.320. The number of ether oxygens (including phenoxy) is 9. The number of benzene rings is 1. The summed E-state index contributed by atoms with van der Waals surface area (Å²) in [6.07, 6.45) is -5.31. The molecule has 2 aromatic rings. The van der Waals surface area contributed by atoms with E-state index in [4.69, 9.17) is 42.6 Å². The molecule has 0 bridgehead atoms. The van der Waals surface area contributed by atoms with Crippen molar-refractivity contribution in [3.05, 3.63) is 45.7 Å². The average molecular weight is 1120 g/mol. The van der Waals surface area contributed by atoms with Crippen LogP contribution in [0.3, 0.4) is 0 Å². The van der Waals surface area contributed by atoms with Gasteiger partial charge in [0.2, 0.25) is 5.43 Å². The lowest BCUT2D eigenvalue weighted by Gasteiger charge is -2.50. The molecule has 0 radical (unpaired) electrons. The highest BCUT2D eigenvalue weighted by molar-refractivity contribution is 5.92. The molecule has 4 saturated heterocycles. The highest BCUT2D eigenvalue weighted by Crippen LogP contribution is 2.45. The second kappa shape index (κ2) is 26.1. The van der Waals surface area contributed by atoms with Crippen LogP contribution < -0.4 is 10.7 Å². The number of cyclic esters (lactones) is 1. The van der Waals surface area contributed by atoms with Crippen LogP contribution in [0.1, 0.15) is 131 Å². The molecule has 0 aliphatic carbocycles. The Labute approximate surface area is 465 Å². The van der Waals surface area contributed by atoms with E-state index in [1.165, 1.54) is 25.3 Å². The lowest BCUT2D eigenvalue weighted by atomic mass is 9.73. The Balaban J connectivity index is 1.22. The van der Waals surface area contributed by atoms with Crippen LogP contribution in [0.15, 0.2) is 29.2 Å². The van der Waals surface area contributed by atoms with Crippen LogP contribution in [-0.2, 0) is 70.0 Å². The summed E-state index contributed by atoms with van der Waals surface area (Å²) < 4.78 is 59.9. The third kappa shape index (κ3) is 13.5. The van der Waals surface area contributed by atoms with Crippen molar-refractivity contribution < 1.29 is 76.8 Å². The van der Waals surface area contributed by atoms with Crippen LogP contribution >= 0.6 is 0 Å². The molecule has 79 heavy (non-hydrogen) atoms. The normalized spacial score (nSPS) is 36.9. The molecule has 6 rings (SSSR count). The van der Waals surface area contributed by atoms with Gasteiger partial charge in [-0.3, -0.25) is 19.2 Å². The summed E-state index contributed by atoms with van der Waals surface area (Å²) in [5.74, 6) is -5.84. The monoisotopic (exact) mass is 1110 g/mol. The summed E-state index contributed by atoms with van der Waals surface area (Å²) in [4.78, 5) is 84.7. The van der Waals surface area contributed by atoms with Gasteiger partial charge in [-0.2, -0.15) is 0 Å². The molecule has 0 spiro atoms. The third-order valence-electron chi connectivity index (χ3n) is 17.5. The molecule has 3 N–H and O–H groups in total. The SMILES string of the molecule is CC[C@H]1OC(=O)[C@H](C)[C@@H](O[C@H]2C[C@@](C)(OC)[C@@H](OC(=O)CCNCCCc3ccc4c(c3)c(=O)c(C(=O)O)cn4CC)[C@H](C)O2)[C@H](C)[C@@H](O[C@@H]2O[C@H](C)C[C@H](N(C)C)[C@H]2O)[C@](C)(OC)C[C@@H](C)C(=O)[C@H](C)[C@H]2N(C)C(=O)O[C@]12C. The predicted octanol–water partition coefficient (Wildman–Crippen LogP) is 5.73. The topological polar surface area (TPSA) is 249 Å². The molecule has 1 aromatic carbocycles. The van der Waals surface area contributed by atoms with Crippen molar-refractivity contribution in [2.75, 3.05) is 48.5 Å². The fourth-order valence-electron chi connectivity index (χ4n) is 12.9. The number of amides is 1. The Kier molecular flexibility index (Phi) is 21.0. The number of pyridine rings is 1. The molecule has 4 aliphatic heterocycles. The minimum Gasteiger partial charge on any atom is -0.477 e. The number of carbonyl (C=O) groups is 5. The molecule has 18 atom stereocenters. The maximum atomic E-state index is 14.9. The molecule has 5 heterocycles. The van der Waals surface area contributed by atoms with Crippen molar-refractivity contribution in [2.24, 2.45) is 23.7 Å². The van der Waals surface area contributed by atoms with E-state index in [2.05, 4.69) is 5.32 Å². The number of aromatic nitrogens is 1. The second-order valence-electron chi connectivity index (χ2n) is 23.5. The fraction of sp³-hybridized carbons (Fsp3) is 0.759. The number of Topliss-reactive ketones (excluding diaryl/α,β-unsaturated/α-hetero) is 1. The first-order valence-corrected chi connectivity index (χ1v) is 28.2. The Morgan fingerprint density at radius 1 is 0.899 bits per heavy atom. The predicted molar refractivity (Wildman–Crippen MR) is 291 cm³/mol. The number of carbonyl (C=O) groups excluding carboxylic acids is 4. The Hall–Kier alpha value is -4.58. The number of aliphatic hydroxyl groups is 1. The number of likely N-dealkylation sites (N-methyl/N-ethyl adjacent to an activating group) is 2. The molecule has 4 fully saturated rings. The lowest BCUT2D eigenvalue weighted by Crippen LogP contribution is -2.62. The first-order valence-electron chi connectivity index (χ1n) is 28.2. The van der Waals surface area contributed by atoms with Gasteiger partial charge in [-0.05, 0) is 119 Å². The van der Waals surface area contributed by atoms with Crippen LogP contribution in [0.5, 0.6) is 0 Å². The van der Waals surface area contributed by atoms with E-state index in [1.54, 1.807) is 52.3 Å². The zero-order chi connectivity index (χ0) is 58.6. The Morgan fingerprint density at radius 3 is 2.19 bits per heavy atom. The van der Waals surface area contributed by atoms with Crippen LogP contribution in [0, 0.1) is 23.7 Å². The van der Waals surface area contributed by atoms with Crippen molar-refractivity contribution in [1.29, 1.82) is 0 Å². The number of hydrogen-bond acceptors (Lipinski definition) is 18. The number of aryl methyl sites for hydroxylation is 2. The van der Waals surface area contributed by atoms with Crippen molar-refractivity contribution in [2.45, 2.75) is 212 Å². The van der Waals surface area contributed by atoms with Crippen molar-refractivity contribution in [3.8, 4) is 0 Å². The van der Waals surface area contributed by atoms with Gasteiger partial charge in [0.15, 0.2) is 24.3 Å². The van der Waals surface area contributed by atoms with E-state index < -0.39 is 125 Å². The molecule has 444 valence electrons. The Bertz CT molecular complexity index is 2540. The van der Waals surface area contributed by atoms with Gasteiger partial charge in [0.25, 0.3) is 0 Å². The summed E-state index contributed by atoms with van der Waals surface area (Å²) in [6, 6.07) is 4.39. The summed E-state index contributed by atoms with van der Waals surface area (Å²) in [7, 11) is 8.38. The fourth-order valence-corrected chi connectivity index (χ4v) is 12.9. The molecule has 0 saturated carbocycles. The van der Waals surface area contributed by atoms with Crippen LogP contribution in [0.4, 0.5) is 4.79 Å². The summed E-state index contributed by atoms with van der Waals surface area (Å²) in [5, 5.41) is 25.1. The third-order valence-corrected chi connectivity index (χ3v) is 17.5. The van der Waals surface area contributed by atoms with E-state index in [9.17, 15) is 39.0 Å². The number of fused-ring (bicyclic) bond motifs is 2. The first-order chi connectivity index (χ1) is 37.1. The zero-order valence-corrected chi connectivity index (χ0v) is 49.4. The van der Waals surface area contributed by atoms with Crippen molar-refractivity contribution >= 4 is 40.7 Å². The largest absolute Gasteiger partial charge is 0.477 e. The van der Waals surface area contributed by atoms with Crippen LogP contribution in [0.2, 0.25) is 0 Å². The molecule has 1 aromatic heterocycles. The smallest absolute Gasteiger partial charge is 0.410 e. The van der Waals surface area contributed by atoms with E-state index >= 15 is 0 Å². The van der Waals surface area contributed by atoms with Crippen LogP contribution in [-0.4, -0.2) is 187 Å². The quantitative estimate of drug-likeness (QED) is 0.0915. The maximum Gasteiger partial charge on any atom is 0.410 e. The minimum absolute atomic E-state index is 0.0386. The molecular formula is C58H90N4O17. The number of nitrogens with one attached hydrogen (secondary N) is 1. The molecule has 4 aliphatic rings. The van der Waals surface area contributed by atoms with E-state index in [1.807, 2.05) is 72.7 Å². The first kappa shape index (κ1) is 63.6. The van der Waals surface area contributed by atoms with E-state index in [0.29, 0.717) is 49.8 Å². The summed E-state index contributed by atoms with van der Waals surface area (Å²) >= 11 is 0. The number of esters is 2. The number of methoxy groups -OCH3 is 2. The standard InChI is InChI=1S/C58H90N4O17/c1-17-42-58(11)49(61(14)55(70)79-58)33(5)45(64)31(3)28-56(9,71-15)50(78-54-47(66)41(60(12)13)26-32(4)73-54)34(6)48(35(7)53(69)75-42)77-44-29-57(10,72-16)51(36(8)74-44)76-43(63)23-25-59-24-19-20-37-21-22-40-38(27-37)46(65)39(52(67)68)30-62(40)18-2/h21-22,27,30-36,41-42,44,47-51,54,59,66H,17-20,23-26,28-29H2,1-16H3,(H,67,68)/t31-,32-,33+,34+,35-,36+,41+,42-,44+,47-,48+,49-,50-,51+,54+,56-,57-,58-/m1/s1.